The van der Waals surface area contributed by atoms with Crippen molar-refractivity contribution in [2.45, 2.75) is 36.9 Å². The molecule has 0 saturated carbocycles. The molecule has 0 spiro atoms. The molecule has 1 atom stereocenters. The van der Waals surface area contributed by atoms with E-state index in [2.05, 4.69) is 33.9 Å². The molecule has 1 unspecified atom stereocenters. The first-order valence-corrected chi connectivity index (χ1v) is 10.6. The second-order valence-corrected chi connectivity index (χ2v) is 8.56. The third-order valence-electron chi connectivity index (χ3n) is 5.58. The van der Waals surface area contributed by atoms with Crippen LogP contribution in [-0.4, -0.2) is 61.8 Å². The van der Waals surface area contributed by atoms with Gasteiger partial charge in [0.25, 0.3) is 0 Å². The van der Waals surface area contributed by atoms with Crippen LogP contribution in [0.1, 0.15) is 31.7 Å². The van der Waals surface area contributed by atoms with E-state index in [1.54, 1.807) is 6.07 Å². The molecule has 0 radical (unpaired) electrons. The van der Waals surface area contributed by atoms with Crippen LogP contribution < -0.4 is 5.32 Å². The molecule has 2 aliphatic heterocycles. The molecule has 1 aromatic rings. The smallest absolute Gasteiger partial charge is 0.193 e. The van der Waals surface area contributed by atoms with Gasteiger partial charge < -0.3 is 15.0 Å². The highest BCUT2D eigenvalue weighted by atomic mass is 32.2. The first-order chi connectivity index (χ1) is 12.7. The van der Waals surface area contributed by atoms with E-state index in [9.17, 15) is 4.39 Å². The summed E-state index contributed by atoms with van der Waals surface area (Å²) in [6, 6.07) is 7.05. The molecule has 0 aromatic heterocycles. The predicted octanol–water partition coefficient (Wildman–Crippen LogP) is 3.28. The second kappa shape index (κ2) is 9.09. The summed E-state index contributed by atoms with van der Waals surface area (Å²) in [7, 11) is 1.85. The van der Waals surface area contributed by atoms with Gasteiger partial charge in [0.1, 0.15) is 5.82 Å². The van der Waals surface area contributed by atoms with Gasteiger partial charge in [-0.3, -0.25) is 4.99 Å². The molecule has 144 valence electrons. The molecule has 1 N–H and O–H groups in total. The fraction of sp³-hybridized carbons (Fsp3) is 0.650. The SMILES string of the molecule is CCC1CN(C(=NC)NCC2(c3cccc(F)c3)CCOCC2)CCS1. The molecule has 0 amide bonds. The summed E-state index contributed by atoms with van der Waals surface area (Å²) < 4.78 is 19.4. The maximum Gasteiger partial charge on any atom is 0.193 e. The number of rotatable bonds is 4. The number of thioether (sulfide) groups is 1. The third-order valence-corrected chi connectivity index (χ3v) is 6.95. The summed E-state index contributed by atoms with van der Waals surface area (Å²) in [6.45, 7) is 6.50. The van der Waals surface area contributed by atoms with Crippen LogP contribution in [0.25, 0.3) is 0 Å². The van der Waals surface area contributed by atoms with Gasteiger partial charge in [-0.2, -0.15) is 11.8 Å². The van der Waals surface area contributed by atoms with Crippen LogP contribution in [0.15, 0.2) is 29.3 Å². The Balaban J connectivity index is 1.73. The van der Waals surface area contributed by atoms with Crippen LogP contribution in [-0.2, 0) is 10.2 Å². The van der Waals surface area contributed by atoms with Crippen molar-refractivity contribution in [1.82, 2.24) is 10.2 Å². The zero-order valence-electron chi connectivity index (χ0n) is 15.8. The quantitative estimate of drug-likeness (QED) is 0.643. The molecule has 6 heteroatoms. The molecule has 1 aromatic carbocycles. The van der Waals surface area contributed by atoms with Gasteiger partial charge in [-0.15, -0.1) is 0 Å². The normalized spacial score (nSPS) is 23.7. The van der Waals surface area contributed by atoms with Crippen LogP contribution in [0.3, 0.4) is 0 Å². The average Bonchev–Trinajstić information content (AvgIpc) is 2.69. The van der Waals surface area contributed by atoms with Crippen LogP contribution in [0.2, 0.25) is 0 Å². The molecule has 2 fully saturated rings. The Morgan fingerprint density at radius 2 is 2.23 bits per heavy atom. The second-order valence-electron chi connectivity index (χ2n) is 7.15. The Kier molecular flexibility index (Phi) is 6.81. The number of halogens is 1. The molecular weight excluding hydrogens is 349 g/mol. The van der Waals surface area contributed by atoms with Gasteiger partial charge in [0.05, 0.1) is 0 Å². The maximum atomic E-state index is 13.8. The maximum absolute atomic E-state index is 13.8. The molecule has 26 heavy (non-hydrogen) atoms. The van der Waals surface area contributed by atoms with E-state index in [4.69, 9.17) is 4.74 Å². The van der Waals surface area contributed by atoms with Gasteiger partial charge in [-0.1, -0.05) is 19.1 Å². The molecular formula is C20H30FN3OS. The Hall–Kier alpha value is -1.27. The first-order valence-electron chi connectivity index (χ1n) is 9.58. The minimum absolute atomic E-state index is 0.106. The van der Waals surface area contributed by atoms with Gasteiger partial charge in [0, 0.05) is 56.3 Å². The van der Waals surface area contributed by atoms with Crippen molar-refractivity contribution in [3.8, 4) is 0 Å². The molecule has 4 nitrogen and oxygen atoms in total. The summed E-state index contributed by atoms with van der Waals surface area (Å²) in [5, 5.41) is 4.27. The summed E-state index contributed by atoms with van der Waals surface area (Å²) in [5.41, 5.74) is 0.953. The predicted molar refractivity (Wildman–Crippen MR) is 108 cm³/mol. The Labute approximate surface area is 160 Å². The van der Waals surface area contributed by atoms with Crippen molar-refractivity contribution in [1.29, 1.82) is 0 Å². The fourth-order valence-corrected chi connectivity index (χ4v) is 5.07. The number of ether oxygens (including phenoxy) is 1. The van der Waals surface area contributed by atoms with E-state index in [0.29, 0.717) is 5.25 Å². The number of benzene rings is 1. The van der Waals surface area contributed by atoms with E-state index in [-0.39, 0.29) is 11.2 Å². The number of hydrogen-bond donors (Lipinski definition) is 1. The van der Waals surface area contributed by atoms with E-state index in [0.717, 1.165) is 63.0 Å². The van der Waals surface area contributed by atoms with E-state index in [1.807, 2.05) is 19.2 Å². The fourth-order valence-electron chi connectivity index (χ4n) is 3.89. The monoisotopic (exact) mass is 379 g/mol. The van der Waals surface area contributed by atoms with Crippen LogP contribution in [0.4, 0.5) is 4.39 Å². The Bertz CT molecular complexity index is 619. The standard InChI is InChI=1S/C20H30FN3OS/c1-3-18-14-24(9-12-26-18)19(22-2)23-15-20(7-10-25-11-8-20)16-5-4-6-17(21)13-16/h4-6,13,18H,3,7-12,14-15H2,1-2H3,(H,22,23). The highest BCUT2D eigenvalue weighted by Gasteiger charge is 2.35. The van der Waals surface area contributed by atoms with Gasteiger partial charge in [0.2, 0.25) is 0 Å². The van der Waals surface area contributed by atoms with Crippen LogP contribution >= 0.6 is 11.8 Å². The van der Waals surface area contributed by atoms with Gasteiger partial charge in [-0.05, 0) is 37.0 Å². The molecule has 2 heterocycles. The lowest BCUT2D eigenvalue weighted by atomic mass is 9.74. The van der Waals surface area contributed by atoms with Crippen LogP contribution in [0, 0.1) is 5.82 Å². The number of nitrogens with zero attached hydrogens (tertiary/aromatic N) is 2. The number of aliphatic imine (C=N–C) groups is 1. The van der Waals surface area contributed by atoms with Gasteiger partial charge in [0.15, 0.2) is 5.96 Å². The molecule has 0 bridgehead atoms. The average molecular weight is 380 g/mol. The molecule has 3 rings (SSSR count). The lowest BCUT2D eigenvalue weighted by molar-refractivity contribution is 0.0510. The molecule has 2 saturated heterocycles. The topological polar surface area (TPSA) is 36.9 Å². The van der Waals surface area contributed by atoms with E-state index >= 15 is 0 Å². The van der Waals surface area contributed by atoms with E-state index in [1.165, 1.54) is 12.5 Å². The van der Waals surface area contributed by atoms with Crippen molar-refractivity contribution >= 4 is 17.7 Å². The Morgan fingerprint density at radius 3 is 2.92 bits per heavy atom. The van der Waals surface area contributed by atoms with Crippen molar-refractivity contribution in [2.75, 3.05) is 45.6 Å². The minimum Gasteiger partial charge on any atom is -0.381 e. The van der Waals surface area contributed by atoms with E-state index < -0.39 is 0 Å². The summed E-state index contributed by atoms with van der Waals surface area (Å²) in [6.07, 6.45) is 2.98. The van der Waals surface area contributed by atoms with Crippen LogP contribution in [0.5, 0.6) is 0 Å². The largest absolute Gasteiger partial charge is 0.381 e. The first kappa shape index (κ1) is 19.5. The minimum atomic E-state index is -0.170. The summed E-state index contributed by atoms with van der Waals surface area (Å²) in [4.78, 5) is 6.89. The number of guanidine groups is 1. The highest BCUT2D eigenvalue weighted by molar-refractivity contribution is 8.00. The van der Waals surface area contributed by atoms with Gasteiger partial charge >= 0.3 is 0 Å². The molecule has 2 aliphatic rings. The molecule has 0 aliphatic carbocycles. The van der Waals surface area contributed by atoms with Crippen molar-refractivity contribution in [3.05, 3.63) is 35.6 Å². The Morgan fingerprint density at radius 1 is 1.42 bits per heavy atom. The van der Waals surface area contributed by atoms with Crippen molar-refractivity contribution in [2.24, 2.45) is 4.99 Å². The number of nitrogens with one attached hydrogen (secondary N) is 1. The summed E-state index contributed by atoms with van der Waals surface area (Å²) >= 11 is 2.06. The third kappa shape index (κ3) is 4.52. The van der Waals surface area contributed by atoms with Crippen molar-refractivity contribution in [3.63, 3.8) is 0 Å². The zero-order valence-corrected chi connectivity index (χ0v) is 16.7. The lowest BCUT2D eigenvalue weighted by Crippen LogP contribution is -2.52. The summed E-state index contributed by atoms with van der Waals surface area (Å²) in [5.74, 6) is 1.94. The van der Waals surface area contributed by atoms with Crippen molar-refractivity contribution < 1.29 is 9.13 Å². The van der Waals surface area contributed by atoms with Gasteiger partial charge in [-0.25, -0.2) is 4.39 Å². The lowest BCUT2D eigenvalue weighted by Gasteiger charge is -2.40. The zero-order chi connectivity index (χ0) is 18.4. The number of hydrogen-bond acceptors (Lipinski definition) is 3. The highest BCUT2D eigenvalue weighted by Crippen LogP contribution is 2.34.